The van der Waals surface area contributed by atoms with Gasteiger partial charge in [-0.05, 0) is 18.6 Å². The van der Waals surface area contributed by atoms with Gasteiger partial charge in [-0.1, -0.05) is 48.5 Å². The normalized spacial score (nSPS) is 14.8. The Morgan fingerprint density at radius 3 is 2.45 bits per heavy atom. The van der Waals surface area contributed by atoms with E-state index >= 15 is 0 Å². The van der Waals surface area contributed by atoms with E-state index in [0.717, 1.165) is 53.8 Å². The molecule has 1 aromatic heterocycles. The van der Waals surface area contributed by atoms with Crippen LogP contribution in [0.2, 0.25) is 0 Å². The number of likely N-dealkylation sites (N-methyl/N-ethyl adjacent to an activating group) is 1. The molecule has 0 saturated carbocycles. The van der Waals surface area contributed by atoms with Crippen LogP contribution < -0.4 is 9.80 Å². The largest absolute Gasteiger partial charge is 0.346 e. The molecule has 0 N–H and O–H groups in total. The van der Waals surface area contributed by atoms with Gasteiger partial charge in [-0.15, -0.1) is 11.3 Å². The van der Waals surface area contributed by atoms with E-state index in [1.54, 1.807) is 16.2 Å². The zero-order chi connectivity index (χ0) is 20.2. The van der Waals surface area contributed by atoms with Gasteiger partial charge in [-0.2, -0.15) is 0 Å². The maximum atomic E-state index is 12.7. The predicted molar refractivity (Wildman–Crippen MR) is 121 cm³/mol. The molecule has 1 aliphatic rings. The van der Waals surface area contributed by atoms with Gasteiger partial charge < -0.3 is 9.80 Å². The van der Waals surface area contributed by atoms with E-state index < -0.39 is 0 Å². The maximum Gasteiger partial charge on any atom is 0.240 e. The number of carbonyl (C=O) groups excluding carboxylic acids is 1. The van der Waals surface area contributed by atoms with Gasteiger partial charge in [0.1, 0.15) is 0 Å². The Balaban J connectivity index is 1.32. The number of hydrogen-bond acceptors (Lipinski definition) is 5. The van der Waals surface area contributed by atoms with E-state index in [0.29, 0.717) is 6.54 Å². The van der Waals surface area contributed by atoms with Crippen LogP contribution in [0, 0.1) is 6.92 Å². The Morgan fingerprint density at radius 1 is 1.03 bits per heavy atom. The molecule has 29 heavy (non-hydrogen) atoms. The first-order valence-electron chi connectivity index (χ1n) is 9.92. The number of rotatable bonds is 5. The average Bonchev–Trinajstić information content (AvgIpc) is 3.25. The molecule has 0 radical (unpaired) electrons. The first-order valence-corrected chi connectivity index (χ1v) is 10.8. The smallest absolute Gasteiger partial charge is 0.240 e. The quantitative estimate of drug-likeness (QED) is 0.644. The second kappa shape index (κ2) is 8.76. The van der Waals surface area contributed by atoms with Crippen LogP contribution in [-0.2, 0) is 4.79 Å². The second-order valence-corrected chi connectivity index (χ2v) is 8.22. The molecule has 0 unspecified atom stereocenters. The lowest BCUT2D eigenvalue weighted by Crippen LogP contribution is -2.49. The number of nitrogens with zero attached hydrogens (tertiary/aromatic N) is 4. The molecular weight excluding hydrogens is 380 g/mol. The van der Waals surface area contributed by atoms with Crippen LogP contribution in [0.25, 0.3) is 11.3 Å². The summed E-state index contributed by atoms with van der Waals surface area (Å²) in [6, 6.07) is 18.3. The highest BCUT2D eigenvalue weighted by atomic mass is 32.1. The molecule has 0 spiro atoms. The molecule has 5 nitrogen and oxygen atoms in total. The van der Waals surface area contributed by atoms with E-state index in [9.17, 15) is 4.79 Å². The molecule has 0 atom stereocenters. The molecule has 6 heteroatoms. The van der Waals surface area contributed by atoms with Crippen LogP contribution in [-0.4, -0.2) is 55.6 Å². The molecule has 0 bridgehead atoms. The van der Waals surface area contributed by atoms with Crippen molar-refractivity contribution in [2.45, 2.75) is 6.92 Å². The minimum Gasteiger partial charge on any atom is -0.346 e. The summed E-state index contributed by atoms with van der Waals surface area (Å²) in [4.78, 5) is 23.9. The third-order valence-corrected chi connectivity index (χ3v) is 6.32. The van der Waals surface area contributed by atoms with Gasteiger partial charge in [-0.3, -0.25) is 9.69 Å². The zero-order valence-electron chi connectivity index (χ0n) is 16.9. The lowest BCUT2D eigenvalue weighted by molar-refractivity contribution is -0.119. The summed E-state index contributed by atoms with van der Waals surface area (Å²) in [6.45, 7) is 6.01. The molecule has 150 valence electrons. The third-order valence-electron chi connectivity index (χ3n) is 5.41. The van der Waals surface area contributed by atoms with E-state index in [1.807, 2.05) is 56.4 Å². The molecule has 1 aliphatic heterocycles. The fourth-order valence-corrected chi connectivity index (χ4v) is 4.51. The van der Waals surface area contributed by atoms with Crippen LogP contribution >= 0.6 is 11.3 Å². The number of aromatic nitrogens is 1. The number of anilines is 2. The second-order valence-electron chi connectivity index (χ2n) is 7.38. The van der Waals surface area contributed by atoms with Crippen molar-refractivity contribution in [1.29, 1.82) is 0 Å². The number of hydrogen-bond donors (Lipinski definition) is 0. The highest BCUT2D eigenvalue weighted by Gasteiger charge is 2.23. The van der Waals surface area contributed by atoms with Crippen LogP contribution in [0.1, 0.15) is 5.56 Å². The molecule has 3 aromatic rings. The number of aryl methyl sites for hydroxylation is 1. The molecular formula is C23H26N4OS. The third kappa shape index (κ3) is 4.49. The number of amides is 1. The van der Waals surface area contributed by atoms with Crippen LogP contribution in [0.3, 0.4) is 0 Å². The number of para-hydroxylation sites is 1. The van der Waals surface area contributed by atoms with Gasteiger partial charge >= 0.3 is 0 Å². The summed E-state index contributed by atoms with van der Waals surface area (Å²) in [5, 5.41) is 3.18. The summed E-state index contributed by atoms with van der Waals surface area (Å²) in [5.74, 6) is 0.133. The summed E-state index contributed by atoms with van der Waals surface area (Å²) in [5.41, 5.74) is 4.28. The first-order chi connectivity index (χ1) is 14.1. The van der Waals surface area contributed by atoms with E-state index in [2.05, 4.69) is 27.3 Å². The van der Waals surface area contributed by atoms with Gasteiger partial charge in [-0.25, -0.2) is 4.98 Å². The van der Waals surface area contributed by atoms with Crippen LogP contribution in [0.15, 0.2) is 60.0 Å². The van der Waals surface area contributed by atoms with E-state index in [1.165, 1.54) is 0 Å². The highest BCUT2D eigenvalue weighted by molar-refractivity contribution is 7.14. The Morgan fingerprint density at radius 2 is 1.72 bits per heavy atom. The summed E-state index contributed by atoms with van der Waals surface area (Å²) in [7, 11) is 1.86. The molecule has 4 rings (SSSR count). The zero-order valence-corrected chi connectivity index (χ0v) is 17.7. The Bertz CT molecular complexity index is 964. The van der Waals surface area contributed by atoms with Crippen molar-refractivity contribution in [2.24, 2.45) is 0 Å². The van der Waals surface area contributed by atoms with Gasteiger partial charge in [0.25, 0.3) is 0 Å². The molecule has 1 amide bonds. The van der Waals surface area contributed by atoms with Crippen LogP contribution in [0.4, 0.5) is 10.8 Å². The number of benzene rings is 2. The lowest BCUT2D eigenvalue weighted by Gasteiger charge is -2.35. The Hall–Kier alpha value is -2.70. The van der Waals surface area contributed by atoms with Crippen molar-refractivity contribution in [3.8, 4) is 11.3 Å². The van der Waals surface area contributed by atoms with Crippen molar-refractivity contribution in [3.05, 3.63) is 65.5 Å². The van der Waals surface area contributed by atoms with Gasteiger partial charge in [0.2, 0.25) is 5.91 Å². The molecule has 0 aliphatic carbocycles. The standard InChI is InChI=1S/C23H26N4OS/c1-18-8-6-7-11-21(18)25(2)22(28)16-26-12-14-27(15-13-26)23-24-20(17-29-23)19-9-4-3-5-10-19/h3-11,17H,12-16H2,1-2H3. The number of carbonyl (C=O) groups is 1. The SMILES string of the molecule is Cc1ccccc1N(C)C(=O)CN1CCN(c2nc(-c3ccccc3)cs2)CC1. The summed E-state index contributed by atoms with van der Waals surface area (Å²) >= 11 is 1.69. The predicted octanol–water partition coefficient (Wildman–Crippen LogP) is 3.90. The van der Waals surface area contributed by atoms with Crippen molar-refractivity contribution >= 4 is 28.1 Å². The minimum absolute atomic E-state index is 0.133. The number of thiazole rings is 1. The fourth-order valence-electron chi connectivity index (χ4n) is 3.62. The number of piperazine rings is 1. The van der Waals surface area contributed by atoms with Gasteiger partial charge in [0.05, 0.1) is 12.2 Å². The van der Waals surface area contributed by atoms with Crippen LogP contribution in [0.5, 0.6) is 0 Å². The summed E-state index contributed by atoms with van der Waals surface area (Å²) < 4.78 is 0. The highest BCUT2D eigenvalue weighted by Crippen LogP contribution is 2.28. The molecule has 1 saturated heterocycles. The minimum atomic E-state index is 0.133. The van der Waals surface area contributed by atoms with Gasteiger partial charge in [0, 0.05) is 49.9 Å². The topological polar surface area (TPSA) is 39.7 Å². The first kappa shape index (κ1) is 19.6. The molecule has 2 aromatic carbocycles. The van der Waals surface area contributed by atoms with E-state index in [-0.39, 0.29) is 5.91 Å². The maximum absolute atomic E-state index is 12.7. The lowest BCUT2D eigenvalue weighted by atomic mass is 10.2. The average molecular weight is 407 g/mol. The Labute approximate surface area is 176 Å². The monoisotopic (exact) mass is 406 g/mol. The van der Waals surface area contributed by atoms with Crippen molar-refractivity contribution in [2.75, 3.05) is 49.6 Å². The van der Waals surface area contributed by atoms with Crippen molar-refractivity contribution in [1.82, 2.24) is 9.88 Å². The fraction of sp³-hybridized carbons (Fsp3) is 0.304. The van der Waals surface area contributed by atoms with Crippen molar-refractivity contribution in [3.63, 3.8) is 0 Å². The Kier molecular flexibility index (Phi) is 5.92. The van der Waals surface area contributed by atoms with Crippen molar-refractivity contribution < 1.29 is 4.79 Å². The van der Waals surface area contributed by atoms with Gasteiger partial charge in [0.15, 0.2) is 5.13 Å². The molecule has 2 heterocycles. The summed E-state index contributed by atoms with van der Waals surface area (Å²) in [6.07, 6.45) is 0. The van der Waals surface area contributed by atoms with E-state index in [4.69, 9.17) is 4.98 Å². The molecule has 1 fully saturated rings.